The van der Waals surface area contributed by atoms with Crippen molar-refractivity contribution in [3.8, 4) is 17.1 Å². The summed E-state index contributed by atoms with van der Waals surface area (Å²) in [6.07, 6.45) is 4.98. The van der Waals surface area contributed by atoms with Crippen LogP contribution < -0.4 is 25.2 Å². The number of aliphatic imine (C=N–C) groups is 1. The summed E-state index contributed by atoms with van der Waals surface area (Å²) >= 11 is 0. The van der Waals surface area contributed by atoms with Gasteiger partial charge in [0, 0.05) is 87.3 Å². The Bertz CT molecular complexity index is 2560. The minimum atomic E-state index is -1.06. The number of aromatic nitrogens is 3. The predicted octanol–water partition coefficient (Wildman–Crippen LogP) is 5.14. The molecule has 4 aromatic rings. The number of anilines is 3. The average Bonchev–Trinajstić information content (AvgIpc) is 4.10. The minimum absolute atomic E-state index is 0.0230. The summed E-state index contributed by atoms with van der Waals surface area (Å²) in [7, 11) is 1.83. The first-order valence-corrected chi connectivity index (χ1v) is 21.9. The van der Waals surface area contributed by atoms with Crippen LogP contribution in [0.25, 0.3) is 11.3 Å². The van der Waals surface area contributed by atoms with E-state index in [0.29, 0.717) is 80.2 Å². The number of piperidine rings is 1. The first-order valence-electron chi connectivity index (χ1n) is 21.9. The molecule has 17 heteroatoms. The van der Waals surface area contributed by atoms with Crippen LogP contribution in [0.5, 0.6) is 5.88 Å². The van der Waals surface area contributed by atoms with E-state index in [0.717, 1.165) is 48.3 Å². The molecule has 6 aliphatic heterocycles. The number of ether oxygens (including phenoxy) is 1. The van der Waals surface area contributed by atoms with Crippen molar-refractivity contribution in [2.24, 2.45) is 23.9 Å². The van der Waals surface area contributed by atoms with Gasteiger partial charge in [0.05, 0.1) is 47.3 Å². The molecule has 15 nitrogen and oxygen atoms in total. The van der Waals surface area contributed by atoms with Crippen molar-refractivity contribution in [2.75, 3.05) is 54.4 Å². The molecule has 0 saturated carbocycles. The van der Waals surface area contributed by atoms with Gasteiger partial charge in [-0.15, -0.1) is 0 Å². The molecular formula is C46H50F2N10O5. The van der Waals surface area contributed by atoms with Crippen molar-refractivity contribution in [1.82, 2.24) is 29.9 Å². The lowest BCUT2D eigenvalue weighted by molar-refractivity contribution is -0.137. The first kappa shape index (κ1) is 40.8. The van der Waals surface area contributed by atoms with E-state index in [-0.39, 0.29) is 54.1 Å². The Hall–Kier alpha value is -6.23. The number of hydrogen-bond donors (Lipinski definition) is 2. The highest BCUT2D eigenvalue weighted by Gasteiger charge is 2.47. The second-order valence-electron chi connectivity index (χ2n) is 18.0. The Morgan fingerprint density at radius 2 is 1.78 bits per heavy atom. The molecule has 4 amide bonds. The van der Waals surface area contributed by atoms with Crippen molar-refractivity contribution in [3.05, 3.63) is 82.7 Å². The molecule has 4 fully saturated rings. The largest absolute Gasteiger partial charge is 0.477 e. The molecule has 63 heavy (non-hydrogen) atoms. The number of imide groups is 1. The summed E-state index contributed by atoms with van der Waals surface area (Å²) in [6.45, 7) is 8.13. The lowest BCUT2D eigenvalue weighted by Crippen LogP contribution is -2.50. The summed E-state index contributed by atoms with van der Waals surface area (Å²) in [5.41, 5.74) is 5.43. The number of carbonyl (C=O) groups excluding carboxylic acids is 4. The second kappa shape index (κ2) is 16.2. The van der Waals surface area contributed by atoms with Crippen molar-refractivity contribution in [3.63, 3.8) is 0 Å². The molecular weight excluding hydrogens is 811 g/mol. The fourth-order valence-corrected chi connectivity index (χ4v) is 10.4. The Morgan fingerprint density at radius 3 is 2.56 bits per heavy atom. The maximum Gasteiger partial charge on any atom is 0.280 e. The van der Waals surface area contributed by atoms with Gasteiger partial charge in [0.1, 0.15) is 11.6 Å². The zero-order valence-corrected chi connectivity index (χ0v) is 35.6. The number of benzene rings is 2. The number of hydrogen-bond acceptors (Lipinski definition) is 11. The van der Waals surface area contributed by atoms with Gasteiger partial charge in [-0.1, -0.05) is 13.0 Å². The molecule has 8 heterocycles. The molecule has 6 aliphatic rings. The molecule has 0 radical (unpaired) electrons. The van der Waals surface area contributed by atoms with Gasteiger partial charge in [-0.2, -0.15) is 10.1 Å². The third-order valence-electron chi connectivity index (χ3n) is 13.6. The molecule has 0 aliphatic carbocycles. The van der Waals surface area contributed by atoms with E-state index in [9.17, 15) is 19.2 Å². The van der Waals surface area contributed by atoms with Gasteiger partial charge in [-0.25, -0.2) is 13.5 Å². The Morgan fingerprint density at radius 1 is 0.952 bits per heavy atom. The number of carbonyl (C=O) groups is 4. The SMILES string of the molecule is Cc1cc2cc(n1)-c1cnn(C)c1OCCC[C@@H](C)CN1/C(=N/C2=O)Nc2ccc(CN3C[C@H]4C[C@@H]3CN4C(=O)[C@@H]3CCN(c4cc(F)c([C@H]5CCC(=O)NC5=O)c(F)c4)C3)cc21. The highest BCUT2D eigenvalue weighted by molar-refractivity contribution is 6.19. The number of halogens is 2. The van der Waals surface area contributed by atoms with E-state index in [1.807, 2.05) is 23.8 Å². The normalized spacial score (nSPS) is 25.7. The van der Waals surface area contributed by atoms with Crippen LogP contribution in [0.2, 0.25) is 0 Å². The van der Waals surface area contributed by atoms with E-state index < -0.39 is 29.4 Å². The number of nitrogens with zero attached hydrogens (tertiary/aromatic N) is 8. The molecule has 4 bridgehead atoms. The van der Waals surface area contributed by atoms with Crippen molar-refractivity contribution < 1.29 is 32.7 Å². The number of pyridine rings is 1. The number of rotatable bonds is 5. The van der Waals surface area contributed by atoms with Crippen molar-refractivity contribution in [1.29, 1.82) is 0 Å². The zero-order chi connectivity index (χ0) is 43.7. The lowest BCUT2D eigenvalue weighted by atomic mass is 9.89. The Balaban J connectivity index is 0.802. The molecule has 4 saturated heterocycles. The lowest BCUT2D eigenvalue weighted by Gasteiger charge is -2.35. The number of nitrogens with one attached hydrogen (secondary N) is 2. The fraction of sp³-hybridized carbons (Fsp3) is 0.457. The highest BCUT2D eigenvalue weighted by atomic mass is 19.1. The molecule has 2 N–H and O–H groups in total. The van der Waals surface area contributed by atoms with Gasteiger partial charge in [-0.05, 0) is 86.9 Å². The van der Waals surface area contributed by atoms with Crippen molar-refractivity contribution >= 4 is 46.7 Å². The van der Waals surface area contributed by atoms with Crippen LogP contribution in [0.3, 0.4) is 0 Å². The Labute approximate surface area is 363 Å². The molecule has 2 aromatic heterocycles. The van der Waals surface area contributed by atoms with Crippen molar-refractivity contribution in [2.45, 2.75) is 76.9 Å². The molecule has 2 aromatic carbocycles. The predicted molar refractivity (Wildman–Crippen MR) is 230 cm³/mol. The van der Waals surface area contributed by atoms with Crippen LogP contribution in [0.4, 0.5) is 25.8 Å². The molecule has 0 spiro atoms. The van der Waals surface area contributed by atoms with Crippen LogP contribution >= 0.6 is 0 Å². The van der Waals surface area contributed by atoms with E-state index in [4.69, 9.17) is 9.72 Å². The van der Waals surface area contributed by atoms with Crippen LogP contribution in [0.1, 0.15) is 78.5 Å². The number of guanidine groups is 1. The molecule has 10 rings (SSSR count). The minimum Gasteiger partial charge on any atom is -0.477 e. The summed E-state index contributed by atoms with van der Waals surface area (Å²) in [5, 5.41) is 10.0. The topological polar surface area (TPSA) is 158 Å². The number of aryl methyl sites for hydroxylation is 2. The van der Waals surface area contributed by atoms with Crippen LogP contribution in [-0.4, -0.2) is 106 Å². The van der Waals surface area contributed by atoms with E-state index in [1.54, 1.807) is 23.0 Å². The van der Waals surface area contributed by atoms with Gasteiger partial charge >= 0.3 is 0 Å². The second-order valence-corrected chi connectivity index (χ2v) is 18.0. The molecule has 328 valence electrons. The van der Waals surface area contributed by atoms with Gasteiger partial charge in [0.2, 0.25) is 29.6 Å². The quantitative estimate of drug-likeness (QED) is 0.256. The molecule has 5 atom stereocenters. The maximum atomic E-state index is 15.3. The van der Waals surface area contributed by atoms with E-state index >= 15 is 8.78 Å². The standard InChI is InChI=1S/C46H50F2N10O5/c1-25-5-4-12-63-45-34(19-49-54(45)3)38-15-29(13-26(2)50-38)42(60)53-46-51-37-8-6-27(14-39(37)58(46)20-25)21-56-23-32-16-31(56)24-57(32)44(62)28-10-11-55(22-28)30-17-35(47)41(36(48)18-30)33-7-9-40(59)52-43(33)61/h6,8,13-15,17-19,25,28,31-33H,4-5,7,9-12,16,20-24H2,1-3H3,(H,51,53,60)(H,52,59,61)/t25-,28-,31-,32-,33-/m1/s1. The maximum absolute atomic E-state index is 15.3. The summed E-state index contributed by atoms with van der Waals surface area (Å²) in [6, 6.07) is 12.6. The summed E-state index contributed by atoms with van der Waals surface area (Å²) in [4.78, 5) is 69.5. The Kier molecular flexibility index (Phi) is 10.5. The first-order chi connectivity index (χ1) is 30.4. The van der Waals surface area contributed by atoms with Gasteiger partial charge in [-0.3, -0.25) is 34.4 Å². The third kappa shape index (κ3) is 7.69. The van der Waals surface area contributed by atoms with Gasteiger partial charge in [0.15, 0.2) is 0 Å². The van der Waals surface area contributed by atoms with Gasteiger partial charge < -0.3 is 24.8 Å². The average molecular weight is 861 g/mol. The van der Waals surface area contributed by atoms with Crippen LogP contribution in [-0.2, 0) is 28.0 Å². The molecule has 0 unspecified atom stereocenters. The number of amides is 4. The number of likely N-dealkylation sites (tertiary alicyclic amines) is 2. The van der Waals surface area contributed by atoms with E-state index in [2.05, 4.69) is 55.6 Å². The van der Waals surface area contributed by atoms with Gasteiger partial charge in [0.25, 0.3) is 5.91 Å². The zero-order valence-electron chi connectivity index (χ0n) is 35.6. The third-order valence-corrected chi connectivity index (χ3v) is 13.6. The monoisotopic (exact) mass is 860 g/mol. The summed E-state index contributed by atoms with van der Waals surface area (Å²) in [5.74, 6) is -3.10. The summed E-state index contributed by atoms with van der Waals surface area (Å²) < 4.78 is 38.6. The van der Waals surface area contributed by atoms with Crippen LogP contribution in [0.15, 0.2) is 53.7 Å². The van der Waals surface area contributed by atoms with E-state index in [1.165, 1.54) is 12.1 Å². The fourth-order valence-electron chi connectivity index (χ4n) is 10.4. The number of fused-ring (bicyclic) bond motifs is 9. The van der Waals surface area contributed by atoms with Crippen LogP contribution in [0, 0.1) is 30.4 Å². The number of piperazine rings is 1. The smallest absolute Gasteiger partial charge is 0.280 e. The highest BCUT2D eigenvalue weighted by Crippen LogP contribution is 2.40.